The van der Waals surface area contributed by atoms with E-state index in [0.29, 0.717) is 5.92 Å². The van der Waals surface area contributed by atoms with E-state index in [9.17, 15) is 0 Å². The fraction of sp³-hybridized carbons (Fsp3) is 0.571. The zero-order chi connectivity index (χ0) is 6.53. The summed E-state index contributed by atoms with van der Waals surface area (Å²) in [5.41, 5.74) is 0. The van der Waals surface area contributed by atoms with E-state index in [2.05, 4.69) is 4.99 Å². The van der Waals surface area contributed by atoms with Crippen LogP contribution in [-0.2, 0) is 0 Å². The van der Waals surface area contributed by atoms with Crippen molar-refractivity contribution in [2.45, 2.75) is 12.8 Å². The standard InChI is InChI=1S/C7H11NO/c9-6-3-7-1-4-8-5-2-7/h1,4-5,7,9H,2-3,6H2. The number of hydrogen-bond acceptors (Lipinski definition) is 2. The van der Waals surface area contributed by atoms with Gasteiger partial charge in [0.15, 0.2) is 0 Å². The Kier molecular flexibility index (Phi) is 2.46. The zero-order valence-corrected chi connectivity index (χ0v) is 5.33. The summed E-state index contributed by atoms with van der Waals surface area (Å²) in [4.78, 5) is 3.92. The second kappa shape index (κ2) is 3.41. The quantitative estimate of drug-likeness (QED) is 0.586. The Hall–Kier alpha value is -0.630. The number of aliphatic hydroxyl groups excluding tert-OH is 1. The molecule has 0 saturated heterocycles. The molecule has 2 heteroatoms. The predicted molar refractivity (Wildman–Crippen MR) is 37.4 cm³/mol. The van der Waals surface area contributed by atoms with Crippen molar-refractivity contribution in [2.75, 3.05) is 6.61 Å². The lowest BCUT2D eigenvalue weighted by molar-refractivity contribution is 0.271. The molecular formula is C7H11NO. The molecule has 1 unspecified atom stereocenters. The second-order valence-electron chi connectivity index (χ2n) is 2.18. The van der Waals surface area contributed by atoms with Gasteiger partial charge in [0.05, 0.1) is 0 Å². The molecule has 0 amide bonds. The average molecular weight is 125 g/mol. The third-order valence-electron chi connectivity index (χ3n) is 1.46. The van der Waals surface area contributed by atoms with Gasteiger partial charge in [0.1, 0.15) is 0 Å². The van der Waals surface area contributed by atoms with Crippen molar-refractivity contribution in [1.29, 1.82) is 0 Å². The van der Waals surface area contributed by atoms with Crippen molar-refractivity contribution in [3.8, 4) is 0 Å². The molecule has 1 heterocycles. The van der Waals surface area contributed by atoms with Crippen LogP contribution in [0.25, 0.3) is 0 Å². The van der Waals surface area contributed by atoms with E-state index in [1.807, 2.05) is 12.3 Å². The molecule has 0 radical (unpaired) electrons. The summed E-state index contributed by atoms with van der Waals surface area (Å²) < 4.78 is 0. The smallest absolute Gasteiger partial charge is 0.0436 e. The van der Waals surface area contributed by atoms with Gasteiger partial charge < -0.3 is 5.11 Å². The summed E-state index contributed by atoms with van der Waals surface area (Å²) in [6.45, 7) is 0.281. The van der Waals surface area contributed by atoms with Gasteiger partial charge in [-0.2, -0.15) is 0 Å². The molecule has 1 aliphatic rings. The van der Waals surface area contributed by atoms with Crippen LogP contribution in [0.1, 0.15) is 12.8 Å². The normalized spacial score (nSPS) is 24.8. The van der Waals surface area contributed by atoms with Crippen LogP contribution in [0.3, 0.4) is 0 Å². The van der Waals surface area contributed by atoms with E-state index in [1.54, 1.807) is 6.20 Å². The van der Waals surface area contributed by atoms with E-state index in [0.717, 1.165) is 12.8 Å². The van der Waals surface area contributed by atoms with Crippen molar-refractivity contribution < 1.29 is 5.11 Å². The van der Waals surface area contributed by atoms with Gasteiger partial charge in [0, 0.05) is 19.0 Å². The van der Waals surface area contributed by atoms with Gasteiger partial charge >= 0.3 is 0 Å². The number of aliphatic hydroxyl groups is 1. The molecular weight excluding hydrogens is 114 g/mol. The SMILES string of the molecule is OCCC1C=CN=CC1. The summed E-state index contributed by atoms with van der Waals surface area (Å²) in [6.07, 6.45) is 7.57. The first-order valence-electron chi connectivity index (χ1n) is 3.22. The summed E-state index contributed by atoms with van der Waals surface area (Å²) >= 11 is 0. The average Bonchev–Trinajstić information content (AvgIpc) is 1.91. The minimum absolute atomic E-state index is 0.281. The number of allylic oxidation sites excluding steroid dienone is 1. The van der Waals surface area contributed by atoms with Crippen LogP contribution in [0.5, 0.6) is 0 Å². The van der Waals surface area contributed by atoms with E-state index in [-0.39, 0.29) is 6.61 Å². The number of rotatable bonds is 2. The van der Waals surface area contributed by atoms with Gasteiger partial charge in [-0.1, -0.05) is 6.08 Å². The van der Waals surface area contributed by atoms with Crippen LogP contribution < -0.4 is 0 Å². The first-order chi connectivity index (χ1) is 4.43. The summed E-state index contributed by atoms with van der Waals surface area (Å²) in [6, 6.07) is 0. The highest BCUT2D eigenvalue weighted by Gasteiger charge is 2.03. The number of hydrogen-bond donors (Lipinski definition) is 1. The van der Waals surface area contributed by atoms with Gasteiger partial charge in [-0.15, -0.1) is 0 Å². The first kappa shape index (κ1) is 6.49. The first-order valence-corrected chi connectivity index (χ1v) is 3.22. The zero-order valence-electron chi connectivity index (χ0n) is 5.33. The molecule has 1 N–H and O–H groups in total. The molecule has 0 aliphatic carbocycles. The lowest BCUT2D eigenvalue weighted by Crippen LogP contribution is -2.02. The van der Waals surface area contributed by atoms with Crippen LogP contribution >= 0.6 is 0 Å². The van der Waals surface area contributed by atoms with E-state index in [1.165, 1.54) is 0 Å². The predicted octanol–water partition coefficient (Wildman–Crippen LogP) is 0.973. The molecule has 50 valence electrons. The fourth-order valence-electron chi connectivity index (χ4n) is 0.887. The minimum atomic E-state index is 0.281. The Morgan fingerprint density at radius 1 is 1.67 bits per heavy atom. The molecule has 0 aromatic rings. The highest BCUT2D eigenvalue weighted by Crippen LogP contribution is 2.11. The van der Waals surface area contributed by atoms with Gasteiger partial charge in [-0.3, -0.25) is 4.99 Å². The Morgan fingerprint density at radius 3 is 3.11 bits per heavy atom. The van der Waals surface area contributed by atoms with Crippen LogP contribution in [-0.4, -0.2) is 17.9 Å². The van der Waals surface area contributed by atoms with Crippen LogP contribution in [0, 0.1) is 5.92 Å². The lowest BCUT2D eigenvalue weighted by atomic mass is 10.0. The lowest BCUT2D eigenvalue weighted by Gasteiger charge is -2.08. The summed E-state index contributed by atoms with van der Waals surface area (Å²) in [5, 5.41) is 8.54. The van der Waals surface area contributed by atoms with E-state index < -0.39 is 0 Å². The third-order valence-corrected chi connectivity index (χ3v) is 1.46. The molecule has 0 spiro atoms. The Morgan fingerprint density at radius 2 is 2.56 bits per heavy atom. The van der Waals surface area contributed by atoms with E-state index in [4.69, 9.17) is 5.11 Å². The van der Waals surface area contributed by atoms with E-state index >= 15 is 0 Å². The molecule has 0 fully saturated rings. The molecule has 2 nitrogen and oxygen atoms in total. The Balaban J connectivity index is 2.28. The molecule has 0 saturated carbocycles. The van der Waals surface area contributed by atoms with Crippen LogP contribution in [0.2, 0.25) is 0 Å². The van der Waals surface area contributed by atoms with Gasteiger partial charge in [0.25, 0.3) is 0 Å². The third kappa shape index (κ3) is 1.98. The maximum Gasteiger partial charge on any atom is 0.0436 e. The highest BCUT2D eigenvalue weighted by molar-refractivity contribution is 5.60. The highest BCUT2D eigenvalue weighted by atomic mass is 16.3. The monoisotopic (exact) mass is 125 g/mol. The van der Waals surface area contributed by atoms with Crippen molar-refractivity contribution in [3.05, 3.63) is 12.3 Å². The largest absolute Gasteiger partial charge is 0.396 e. The molecule has 1 atom stereocenters. The Labute approximate surface area is 54.9 Å². The van der Waals surface area contributed by atoms with Gasteiger partial charge in [-0.05, 0) is 18.8 Å². The molecule has 0 aromatic carbocycles. The van der Waals surface area contributed by atoms with Gasteiger partial charge in [0.2, 0.25) is 0 Å². The molecule has 1 aliphatic heterocycles. The van der Waals surface area contributed by atoms with Gasteiger partial charge in [-0.25, -0.2) is 0 Å². The number of nitrogens with zero attached hydrogens (tertiary/aromatic N) is 1. The van der Waals surface area contributed by atoms with Crippen molar-refractivity contribution in [3.63, 3.8) is 0 Å². The summed E-state index contributed by atoms with van der Waals surface area (Å²) in [5.74, 6) is 0.521. The second-order valence-corrected chi connectivity index (χ2v) is 2.18. The molecule has 1 rings (SSSR count). The van der Waals surface area contributed by atoms with Crippen molar-refractivity contribution >= 4 is 6.21 Å². The molecule has 9 heavy (non-hydrogen) atoms. The topological polar surface area (TPSA) is 32.6 Å². The van der Waals surface area contributed by atoms with Crippen molar-refractivity contribution in [2.24, 2.45) is 10.9 Å². The maximum atomic E-state index is 8.54. The summed E-state index contributed by atoms with van der Waals surface area (Å²) in [7, 11) is 0. The minimum Gasteiger partial charge on any atom is -0.396 e. The molecule has 0 bridgehead atoms. The molecule has 0 aromatic heterocycles. The Bertz CT molecular complexity index is 129. The van der Waals surface area contributed by atoms with Crippen LogP contribution in [0.4, 0.5) is 0 Å². The van der Waals surface area contributed by atoms with Crippen molar-refractivity contribution in [1.82, 2.24) is 0 Å². The number of aliphatic imine (C=N–C) groups is 1. The fourth-order valence-corrected chi connectivity index (χ4v) is 0.887. The maximum absolute atomic E-state index is 8.54. The van der Waals surface area contributed by atoms with Crippen LogP contribution in [0.15, 0.2) is 17.3 Å².